The molecule has 1 heterocycles. The molecule has 0 radical (unpaired) electrons. The van der Waals surface area contributed by atoms with Crippen molar-refractivity contribution in [3.05, 3.63) is 54.4 Å². The summed E-state index contributed by atoms with van der Waals surface area (Å²) in [6.07, 6.45) is 0. The van der Waals surface area contributed by atoms with Crippen molar-refractivity contribution in [3.8, 4) is 0 Å². The molecule has 1 amide bonds. The van der Waals surface area contributed by atoms with E-state index in [1.165, 1.54) is 0 Å². The highest BCUT2D eigenvalue weighted by Gasteiger charge is 2.10. The fourth-order valence-electron chi connectivity index (χ4n) is 2.58. The van der Waals surface area contributed by atoms with E-state index >= 15 is 0 Å². The molecule has 0 fully saturated rings. The maximum absolute atomic E-state index is 12.3. The lowest BCUT2D eigenvalue weighted by Crippen LogP contribution is -2.19. The zero-order chi connectivity index (χ0) is 16.4. The van der Waals surface area contributed by atoms with Crippen LogP contribution in [0.25, 0.3) is 11.0 Å². The monoisotopic (exact) mass is 308 g/mol. The van der Waals surface area contributed by atoms with E-state index in [1.54, 1.807) is 0 Å². The van der Waals surface area contributed by atoms with Gasteiger partial charge in [0, 0.05) is 25.5 Å². The molecular weight excluding hydrogens is 288 g/mol. The van der Waals surface area contributed by atoms with Crippen LogP contribution in [0.1, 0.15) is 5.82 Å². The molecule has 2 aromatic carbocycles. The molecule has 0 aliphatic rings. The molecule has 3 rings (SSSR count). The molecule has 118 valence electrons. The van der Waals surface area contributed by atoms with Gasteiger partial charge < -0.3 is 14.8 Å². The largest absolute Gasteiger partial charge is 0.378 e. The van der Waals surface area contributed by atoms with Gasteiger partial charge in [0.2, 0.25) is 5.91 Å². The molecule has 1 N–H and O–H groups in total. The van der Waals surface area contributed by atoms with E-state index in [0.29, 0.717) is 0 Å². The van der Waals surface area contributed by atoms with Crippen LogP contribution in [-0.4, -0.2) is 29.6 Å². The summed E-state index contributed by atoms with van der Waals surface area (Å²) in [5.74, 6) is 0.776. The lowest BCUT2D eigenvalue weighted by molar-refractivity contribution is -0.116. The highest BCUT2D eigenvalue weighted by molar-refractivity contribution is 5.92. The van der Waals surface area contributed by atoms with E-state index in [-0.39, 0.29) is 12.5 Å². The molecule has 0 spiro atoms. The van der Waals surface area contributed by atoms with Gasteiger partial charge in [-0.3, -0.25) is 4.79 Å². The smallest absolute Gasteiger partial charge is 0.244 e. The van der Waals surface area contributed by atoms with Crippen LogP contribution in [-0.2, 0) is 11.3 Å². The molecule has 3 aromatic rings. The Balaban J connectivity index is 1.75. The van der Waals surface area contributed by atoms with Gasteiger partial charge in [-0.1, -0.05) is 12.1 Å². The second-order valence-electron chi connectivity index (χ2n) is 5.72. The molecule has 0 saturated carbocycles. The summed E-state index contributed by atoms with van der Waals surface area (Å²) in [5, 5.41) is 2.93. The second kappa shape index (κ2) is 6.12. The van der Waals surface area contributed by atoms with E-state index in [2.05, 4.69) is 10.3 Å². The number of fused-ring (bicyclic) bond motifs is 1. The van der Waals surface area contributed by atoms with Crippen LogP contribution < -0.4 is 10.2 Å². The summed E-state index contributed by atoms with van der Waals surface area (Å²) in [5.41, 5.74) is 3.78. The normalized spacial score (nSPS) is 10.7. The Bertz CT molecular complexity index is 834. The highest BCUT2D eigenvalue weighted by Crippen LogP contribution is 2.17. The van der Waals surface area contributed by atoms with Crippen molar-refractivity contribution in [2.45, 2.75) is 13.5 Å². The Morgan fingerprint density at radius 3 is 2.52 bits per heavy atom. The zero-order valence-electron chi connectivity index (χ0n) is 13.6. The van der Waals surface area contributed by atoms with Gasteiger partial charge in [0.15, 0.2) is 0 Å². The Morgan fingerprint density at radius 2 is 1.83 bits per heavy atom. The number of aryl methyl sites for hydroxylation is 1. The van der Waals surface area contributed by atoms with Crippen LogP contribution in [0.2, 0.25) is 0 Å². The molecule has 5 nitrogen and oxygen atoms in total. The molecule has 0 aliphatic heterocycles. The lowest BCUT2D eigenvalue weighted by Gasteiger charge is -2.13. The van der Waals surface area contributed by atoms with Gasteiger partial charge in [0.05, 0.1) is 11.0 Å². The lowest BCUT2D eigenvalue weighted by atomic mass is 10.2. The van der Waals surface area contributed by atoms with Crippen molar-refractivity contribution in [1.29, 1.82) is 0 Å². The summed E-state index contributed by atoms with van der Waals surface area (Å²) in [4.78, 5) is 18.8. The quantitative estimate of drug-likeness (QED) is 0.806. The Hall–Kier alpha value is -2.82. The maximum Gasteiger partial charge on any atom is 0.244 e. The van der Waals surface area contributed by atoms with Gasteiger partial charge in [0.1, 0.15) is 12.4 Å². The Kier molecular flexibility index (Phi) is 4.02. The minimum atomic E-state index is -0.0612. The van der Waals surface area contributed by atoms with Crippen LogP contribution in [0.5, 0.6) is 0 Å². The predicted octanol–water partition coefficient (Wildman–Crippen LogP) is 3.05. The topological polar surface area (TPSA) is 50.2 Å². The summed E-state index contributed by atoms with van der Waals surface area (Å²) >= 11 is 0. The third kappa shape index (κ3) is 3.18. The van der Waals surface area contributed by atoms with Gasteiger partial charge in [-0.05, 0) is 43.3 Å². The molecule has 0 aliphatic carbocycles. The predicted molar refractivity (Wildman–Crippen MR) is 93.9 cm³/mol. The first-order valence-corrected chi connectivity index (χ1v) is 7.54. The first-order valence-electron chi connectivity index (χ1n) is 7.54. The zero-order valence-corrected chi connectivity index (χ0v) is 13.6. The average molecular weight is 308 g/mol. The van der Waals surface area contributed by atoms with Crippen LogP contribution in [0, 0.1) is 6.92 Å². The Morgan fingerprint density at radius 1 is 1.13 bits per heavy atom. The number of anilines is 2. The van der Waals surface area contributed by atoms with E-state index in [0.717, 1.165) is 28.2 Å². The van der Waals surface area contributed by atoms with Crippen molar-refractivity contribution in [3.63, 3.8) is 0 Å². The van der Waals surface area contributed by atoms with E-state index in [9.17, 15) is 4.79 Å². The van der Waals surface area contributed by atoms with Gasteiger partial charge in [-0.2, -0.15) is 0 Å². The van der Waals surface area contributed by atoms with Crippen molar-refractivity contribution in [2.75, 3.05) is 24.3 Å². The number of nitrogens with one attached hydrogen (secondary N) is 1. The number of rotatable bonds is 4. The van der Waals surface area contributed by atoms with Gasteiger partial charge in [-0.15, -0.1) is 0 Å². The fourth-order valence-corrected chi connectivity index (χ4v) is 2.58. The molecule has 0 saturated heterocycles. The fraction of sp³-hybridized carbons (Fsp3) is 0.222. The minimum Gasteiger partial charge on any atom is -0.378 e. The van der Waals surface area contributed by atoms with Crippen LogP contribution in [0.4, 0.5) is 11.4 Å². The van der Waals surface area contributed by atoms with Crippen LogP contribution in [0.3, 0.4) is 0 Å². The number of para-hydroxylation sites is 2. The summed E-state index contributed by atoms with van der Waals surface area (Å²) in [6, 6.07) is 15.6. The minimum absolute atomic E-state index is 0.0612. The molecule has 0 atom stereocenters. The molecule has 0 bridgehead atoms. The number of nitrogens with zero attached hydrogens (tertiary/aromatic N) is 3. The molecule has 5 heteroatoms. The van der Waals surface area contributed by atoms with E-state index < -0.39 is 0 Å². The number of carbonyl (C=O) groups is 1. The second-order valence-corrected chi connectivity index (χ2v) is 5.72. The number of aromatic nitrogens is 2. The van der Waals surface area contributed by atoms with Gasteiger partial charge >= 0.3 is 0 Å². The summed E-state index contributed by atoms with van der Waals surface area (Å²) in [6.45, 7) is 2.17. The average Bonchev–Trinajstić information content (AvgIpc) is 2.84. The number of imidazole rings is 1. The number of amides is 1. The van der Waals surface area contributed by atoms with Crippen molar-refractivity contribution in [1.82, 2.24) is 9.55 Å². The van der Waals surface area contributed by atoms with Crippen molar-refractivity contribution < 1.29 is 4.79 Å². The number of hydrogen-bond acceptors (Lipinski definition) is 3. The molecule has 23 heavy (non-hydrogen) atoms. The van der Waals surface area contributed by atoms with Crippen LogP contribution in [0.15, 0.2) is 48.5 Å². The standard InChI is InChI=1S/C18H20N4O/c1-13-19-16-6-4-5-7-17(16)22(13)12-18(23)20-14-8-10-15(11-9-14)21(2)3/h4-11H,12H2,1-3H3,(H,20,23). The number of carbonyl (C=O) groups excluding carboxylic acids is 1. The third-order valence-electron chi connectivity index (χ3n) is 3.81. The number of hydrogen-bond donors (Lipinski definition) is 1. The number of benzene rings is 2. The van der Waals surface area contributed by atoms with Gasteiger partial charge in [-0.25, -0.2) is 4.98 Å². The summed E-state index contributed by atoms with van der Waals surface area (Å²) < 4.78 is 1.93. The van der Waals surface area contributed by atoms with Crippen molar-refractivity contribution >= 4 is 28.3 Å². The van der Waals surface area contributed by atoms with Crippen molar-refractivity contribution in [2.24, 2.45) is 0 Å². The highest BCUT2D eigenvalue weighted by atomic mass is 16.1. The SMILES string of the molecule is Cc1nc2ccccc2n1CC(=O)Nc1ccc(N(C)C)cc1. The Labute approximate surface area is 135 Å². The molecular formula is C18H20N4O. The van der Waals surface area contributed by atoms with E-state index in [1.807, 2.05) is 79.0 Å². The maximum atomic E-state index is 12.3. The first-order chi connectivity index (χ1) is 11.0. The van der Waals surface area contributed by atoms with Gasteiger partial charge in [0.25, 0.3) is 0 Å². The summed E-state index contributed by atoms with van der Waals surface area (Å²) in [7, 11) is 3.97. The first kappa shape index (κ1) is 15.1. The van der Waals surface area contributed by atoms with Crippen LogP contribution >= 0.6 is 0 Å². The molecule has 1 aromatic heterocycles. The molecule has 0 unspecified atom stereocenters. The van der Waals surface area contributed by atoms with E-state index in [4.69, 9.17) is 0 Å². The third-order valence-corrected chi connectivity index (χ3v) is 3.81.